The van der Waals surface area contributed by atoms with Crippen LogP contribution in [0.2, 0.25) is 0 Å². The van der Waals surface area contributed by atoms with Gasteiger partial charge in [-0.25, -0.2) is 4.79 Å². The molecule has 0 amide bonds. The molecule has 0 atom stereocenters. The fraction of sp³-hybridized carbons (Fsp3) is 0.692. The Morgan fingerprint density at radius 3 is 2.68 bits per heavy atom. The average Bonchev–Trinajstić information content (AvgIpc) is 2.70. The molecule has 1 saturated heterocycles. The second kappa shape index (κ2) is 5.21. The molecular formula is C13H21N3O3. The van der Waals surface area contributed by atoms with Gasteiger partial charge in [-0.15, -0.1) is 0 Å². The maximum Gasteiger partial charge on any atom is 0.361 e. The number of nitrogens with two attached hydrogens (primary N) is 1. The zero-order chi connectivity index (χ0) is 14.0. The van der Waals surface area contributed by atoms with Gasteiger partial charge < -0.3 is 15.2 Å². The van der Waals surface area contributed by atoms with Gasteiger partial charge in [-0.1, -0.05) is 0 Å². The van der Waals surface area contributed by atoms with Crippen molar-refractivity contribution >= 4 is 11.7 Å². The monoisotopic (exact) mass is 267 g/mol. The Bertz CT molecular complexity index is 456. The van der Waals surface area contributed by atoms with Gasteiger partial charge in [0.05, 0.1) is 11.7 Å². The molecule has 0 spiro atoms. The second-order valence-corrected chi connectivity index (χ2v) is 5.76. The van der Waals surface area contributed by atoms with Crippen molar-refractivity contribution in [3.63, 3.8) is 0 Å². The normalized spacial score (nSPS) is 17.4. The first-order valence-electron chi connectivity index (χ1n) is 6.52. The van der Waals surface area contributed by atoms with Crippen LogP contribution in [0.3, 0.4) is 0 Å². The number of aromatic nitrogens is 2. The number of carbonyl (C=O) groups excluding carboxylic acids is 1. The van der Waals surface area contributed by atoms with E-state index in [1.807, 2.05) is 20.8 Å². The van der Waals surface area contributed by atoms with Crippen LogP contribution in [-0.4, -0.2) is 34.6 Å². The molecular weight excluding hydrogens is 246 g/mol. The van der Waals surface area contributed by atoms with E-state index >= 15 is 0 Å². The molecule has 1 aliphatic rings. The summed E-state index contributed by atoms with van der Waals surface area (Å²) in [6.07, 6.45) is 3.47. The van der Waals surface area contributed by atoms with Gasteiger partial charge in [-0.05, 0) is 33.6 Å². The number of hydrogen-bond acceptors (Lipinski definition) is 5. The maximum atomic E-state index is 12.0. The van der Waals surface area contributed by atoms with E-state index in [0.29, 0.717) is 18.9 Å². The number of esters is 1. The minimum absolute atomic E-state index is 0.196. The molecule has 106 valence electrons. The summed E-state index contributed by atoms with van der Waals surface area (Å²) in [5.74, 6) is -0.476. The van der Waals surface area contributed by atoms with E-state index in [9.17, 15) is 4.79 Å². The molecule has 2 rings (SSSR count). The molecule has 6 heteroatoms. The van der Waals surface area contributed by atoms with Crippen LogP contribution in [0.15, 0.2) is 6.20 Å². The van der Waals surface area contributed by atoms with E-state index in [-0.39, 0.29) is 11.7 Å². The number of rotatable bonds is 2. The number of nitrogens with zero attached hydrogens (tertiary/aromatic N) is 2. The molecule has 0 unspecified atom stereocenters. The molecule has 0 aromatic carbocycles. The molecule has 2 N–H and O–H groups in total. The second-order valence-electron chi connectivity index (χ2n) is 5.76. The zero-order valence-corrected chi connectivity index (χ0v) is 11.7. The maximum absolute atomic E-state index is 12.0. The fourth-order valence-electron chi connectivity index (χ4n) is 2.03. The van der Waals surface area contributed by atoms with Crippen molar-refractivity contribution in [2.75, 3.05) is 18.9 Å². The average molecular weight is 267 g/mol. The van der Waals surface area contributed by atoms with Crippen molar-refractivity contribution in [1.82, 2.24) is 9.78 Å². The highest BCUT2D eigenvalue weighted by atomic mass is 16.6. The quantitative estimate of drug-likeness (QED) is 0.826. The van der Waals surface area contributed by atoms with E-state index in [1.165, 1.54) is 0 Å². The third-order valence-electron chi connectivity index (χ3n) is 2.92. The van der Waals surface area contributed by atoms with Crippen LogP contribution in [-0.2, 0) is 9.47 Å². The standard InChI is InChI=1S/C13H21N3O3/c1-13(2,3)19-12(17)11-10(14)8-16(15-11)9-4-6-18-7-5-9/h8-9H,4-7,14H2,1-3H3. The van der Waals surface area contributed by atoms with Crippen LogP contribution in [0.5, 0.6) is 0 Å². The van der Waals surface area contributed by atoms with Gasteiger partial charge in [-0.2, -0.15) is 5.10 Å². The minimum Gasteiger partial charge on any atom is -0.455 e. The topological polar surface area (TPSA) is 79.4 Å². The lowest BCUT2D eigenvalue weighted by Crippen LogP contribution is -2.25. The first-order valence-corrected chi connectivity index (χ1v) is 6.52. The van der Waals surface area contributed by atoms with Crippen molar-refractivity contribution < 1.29 is 14.3 Å². The van der Waals surface area contributed by atoms with Crippen molar-refractivity contribution in [2.45, 2.75) is 45.3 Å². The summed E-state index contributed by atoms with van der Waals surface area (Å²) in [7, 11) is 0. The fourth-order valence-corrected chi connectivity index (χ4v) is 2.03. The Balaban J connectivity index is 2.14. The van der Waals surface area contributed by atoms with Crippen LogP contribution in [0.1, 0.15) is 50.1 Å². The van der Waals surface area contributed by atoms with Gasteiger partial charge in [0.25, 0.3) is 0 Å². The van der Waals surface area contributed by atoms with Gasteiger partial charge in [0.2, 0.25) is 0 Å². The van der Waals surface area contributed by atoms with E-state index in [1.54, 1.807) is 10.9 Å². The number of carbonyl (C=O) groups is 1. The molecule has 1 aliphatic heterocycles. The van der Waals surface area contributed by atoms with Gasteiger partial charge in [0.1, 0.15) is 5.60 Å². The zero-order valence-electron chi connectivity index (χ0n) is 11.7. The van der Waals surface area contributed by atoms with Gasteiger partial charge in [-0.3, -0.25) is 4.68 Å². The Hall–Kier alpha value is -1.56. The highest BCUT2D eigenvalue weighted by molar-refractivity contribution is 5.92. The lowest BCUT2D eigenvalue weighted by Gasteiger charge is -2.22. The van der Waals surface area contributed by atoms with Crippen molar-refractivity contribution in [1.29, 1.82) is 0 Å². The lowest BCUT2D eigenvalue weighted by molar-refractivity contribution is 0.00620. The molecule has 1 aromatic heterocycles. The van der Waals surface area contributed by atoms with Gasteiger partial charge in [0.15, 0.2) is 5.69 Å². The van der Waals surface area contributed by atoms with Crippen molar-refractivity contribution in [3.05, 3.63) is 11.9 Å². The Kier molecular flexibility index (Phi) is 3.80. The number of ether oxygens (including phenoxy) is 2. The summed E-state index contributed by atoms with van der Waals surface area (Å²) in [4.78, 5) is 12.0. The molecule has 0 saturated carbocycles. The number of hydrogen-bond donors (Lipinski definition) is 1. The van der Waals surface area contributed by atoms with Crippen molar-refractivity contribution in [3.8, 4) is 0 Å². The van der Waals surface area contributed by atoms with Crippen molar-refractivity contribution in [2.24, 2.45) is 0 Å². The summed E-state index contributed by atoms with van der Waals surface area (Å²) < 4.78 is 12.4. The van der Waals surface area contributed by atoms with Gasteiger partial charge in [0, 0.05) is 19.4 Å². The van der Waals surface area contributed by atoms with Crippen LogP contribution in [0.4, 0.5) is 5.69 Å². The molecule has 0 radical (unpaired) electrons. The van der Waals surface area contributed by atoms with E-state index in [2.05, 4.69) is 5.10 Å². The first-order chi connectivity index (χ1) is 8.87. The number of nitrogen functional groups attached to an aromatic ring is 1. The number of anilines is 1. The summed E-state index contributed by atoms with van der Waals surface area (Å²) in [6.45, 7) is 6.88. The van der Waals surface area contributed by atoms with Crippen LogP contribution >= 0.6 is 0 Å². The summed E-state index contributed by atoms with van der Waals surface area (Å²) in [6, 6.07) is 0.243. The molecule has 2 heterocycles. The van der Waals surface area contributed by atoms with E-state index in [0.717, 1.165) is 12.8 Å². The Morgan fingerprint density at radius 1 is 1.47 bits per heavy atom. The molecule has 1 fully saturated rings. The molecule has 19 heavy (non-hydrogen) atoms. The molecule has 1 aromatic rings. The largest absolute Gasteiger partial charge is 0.455 e. The predicted molar refractivity (Wildman–Crippen MR) is 70.9 cm³/mol. The van der Waals surface area contributed by atoms with Gasteiger partial charge >= 0.3 is 5.97 Å². The molecule has 0 aliphatic carbocycles. The highest BCUT2D eigenvalue weighted by Gasteiger charge is 2.25. The van der Waals surface area contributed by atoms with Crippen LogP contribution in [0, 0.1) is 0 Å². The molecule has 0 bridgehead atoms. The molecule has 6 nitrogen and oxygen atoms in total. The smallest absolute Gasteiger partial charge is 0.361 e. The van der Waals surface area contributed by atoms with Crippen LogP contribution < -0.4 is 5.73 Å². The summed E-state index contributed by atoms with van der Waals surface area (Å²) >= 11 is 0. The SMILES string of the molecule is CC(C)(C)OC(=O)c1nn(C2CCOCC2)cc1N. The first kappa shape index (κ1) is 13.9. The summed E-state index contributed by atoms with van der Waals surface area (Å²) in [5, 5.41) is 4.28. The summed E-state index contributed by atoms with van der Waals surface area (Å²) in [5.41, 5.74) is 5.86. The third-order valence-corrected chi connectivity index (χ3v) is 2.92. The van der Waals surface area contributed by atoms with E-state index < -0.39 is 11.6 Å². The minimum atomic E-state index is -0.550. The third kappa shape index (κ3) is 3.47. The van der Waals surface area contributed by atoms with Crippen LogP contribution in [0.25, 0.3) is 0 Å². The Morgan fingerprint density at radius 2 is 2.11 bits per heavy atom. The Labute approximate surface area is 112 Å². The van der Waals surface area contributed by atoms with E-state index in [4.69, 9.17) is 15.2 Å². The predicted octanol–water partition coefficient (Wildman–Crippen LogP) is 1.77. The highest BCUT2D eigenvalue weighted by Crippen LogP contribution is 2.23. The lowest BCUT2D eigenvalue weighted by atomic mass is 10.1.